The fraction of sp³-hybridized carbons (Fsp3) is 0.417. The van der Waals surface area contributed by atoms with Crippen LogP contribution in [0.3, 0.4) is 0 Å². The van der Waals surface area contributed by atoms with Crippen LogP contribution in [0.1, 0.15) is 23.2 Å². The number of benzene rings is 1. The Labute approximate surface area is 117 Å². The number of rotatable bonds is 2. The van der Waals surface area contributed by atoms with Crippen molar-refractivity contribution in [2.75, 3.05) is 13.1 Å². The summed E-state index contributed by atoms with van der Waals surface area (Å²) >= 11 is 1.83. The van der Waals surface area contributed by atoms with Gasteiger partial charge in [0.15, 0.2) is 11.6 Å². The van der Waals surface area contributed by atoms with Crippen molar-refractivity contribution in [3.8, 4) is 0 Å². The molecule has 1 aromatic rings. The number of carbonyl (C=O) groups excluding carboxylic acids is 1. The molecule has 1 aliphatic heterocycles. The summed E-state index contributed by atoms with van der Waals surface area (Å²) in [4.78, 5) is 12.0. The Bertz CT molecular complexity index is 462. The quantitative estimate of drug-likeness (QED) is 0.622. The summed E-state index contributed by atoms with van der Waals surface area (Å²) in [7, 11) is 0. The Kier molecular flexibility index (Phi) is 4.50. The summed E-state index contributed by atoms with van der Waals surface area (Å²) in [5.41, 5.74) is 0.181. The van der Waals surface area contributed by atoms with Crippen molar-refractivity contribution in [2.45, 2.75) is 18.9 Å². The molecule has 2 rings (SSSR count). The van der Waals surface area contributed by atoms with Crippen LogP contribution in [0, 0.1) is 15.2 Å². The largest absolute Gasteiger partial charge is 0.348 e. The molecule has 0 radical (unpaired) electrons. The van der Waals surface area contributed by atoms with Crippen LogP contribution < -0.4 is 10.6 Å². The summed E-state index contributed by atoms with van der Waals surface area (Å²) in [6.45, 7) is 1.67. The molecule has 1 atom stereocenters. The van der Waals surface area contributed by atoms with Gasteiger partial charge in [-0.05, 0) is 54.1 Å². The van der Waals surface area contributed by atoms with Crippen LogP contribution in [0.4, 0.5) is 8.78 Å². The van der Waals surface area contributed by atoms with Gasteiger partial charge in [0, 0.05) is 16.2 Å². The minimum atomic E-state index is -0.998. The third-order valence-electron chi connectivity index (χ3n) is 2.89. The fourth-order valence-electron chi connectivity index (χ4n) is 1.93. The molecule has 18 heavy (non-hydrogen) atoms. The highest BCUT2D eigenvalue weighted by atomic mass is 127. The molecule has 1 aliphatic rings. The van der Waals surface area contributed by atoms with E-state index in [-0.39, 0.29) is 17.5 Å². The van der Waals surface area contributed by atoms with Crippen LogP contribution >= 0.6 is 22.6 Å². The molecule has 98 valence electrons. The predicted molar refractivity (Wildman–Crippen MR) is 72.4 cm³/mol. The van der Waals surface area contributed by atoms with Crippen molar-refractivity contribution >= 4 is 28.5 Å². The van der Waals surface area contributed by atoms with Gasteiger partial charge in [0.2, 0.25) is 0 Å². The summed E-state index contributed by atoms with van der Waals surface area (Å²) < 4.78 is 26.5. The van der Waals surface area contributed by atoms with Gasteiger partial charge >= 0.3 is 0 Å². The van der Waals surface area contributed by atoms with Crippen molar-refractivity contribution in [2.24, 2.45) is 0 Å². The lowest BCUT2D eigenvalue weighted by atomic mass is 10.1. The molecule has 0 spiro atoms. The van der Waals surface area contributed by atoms with Gasteiger partial charge in [-0.3, -0.25) is 4.79 Å². The first-order valence-corrected chi connectivity index (χ1v) is 6.82. The van der Waals surface area contributed by atoms with Crippen molar-refractivity contribution in [1.29, 1.82) is 0 Å². The summed E-state index contributed by atoms with van der Waals surface area (Å²) in [6.07, 6.45) is 1.90. The smallest absolute Gasteiger partial charge is 0.252 e. The Hall–Kier alpha value is -0.760. The van der Waals surface area contributed by atoms with E-state index in [9.17, 15) is 13.6 Å². The Morgan fingerprint density at radius 1 is 1.39 bits per heavy atom. The van der Waals surface area contributed by atoms with E-state index in [1.165, 1.54) is 0 Å². The van der Waals surface area contributed by atoms with Crippen LogP contribution in [0.5, 0.6) is 0 Å². The zero-order valence-corrected chi connectivity index (χ0v) is 11.8. The van der Waals surface area contributed by atoms with E-state index >= 15 is 0 Å². The molecule has 6 heteroatoms. The van der Waals surface area contributed by atoms with E-state index in [1.807, 2.05) is 22.6 Å². The molecule has 1 saturated heterocycles. The monoisotopic (exact) mass is 366 g/mol. The first kappa shape index (κ1) is 13.7. The molecular formula is C12H13F2IN2O. The Morgan fingerprint density at radius 3 is 2.78 bits per heavy atom. The first-order valence-electron chi connectivity index (χ1n) is 5.74. The summed E-state index contributed by atoms with van der Waals surface area (Å²) in [5, 5.41) is 6.00. The lowest BCUT2D eigenvalue weighted by Crippen LogP contribution is -2.45. The van der Waals surface area contributed by atoms with Crippen LogP contribution in [0.25, 0.3) is 0 Å². The molecule has 2 N–H and O–H groups in total. The van der Waals surface area contributed by atoms with Crippen molar-refractivity contribution in [3.63, 3.8) is 0 Å². The van der Waals surface area contributed by atoms with Gasteiger partial charge in [0.1, 0.15) is 0 Å². The van der Waals surface area contributed by atoms with Crippen LogP contribution in [0.15, 0.2) is 12.1 Å². The minimum Gasteiger partial charge on any atom is -0.348 e. The average molecular weight is 366 g/mol. The zero-order chi connectivity index (χ0) is 13.1. The standard InChI is InChI=1S/C12H13F2IN2O/c13-9-4-8(11(15)5-10(9)14)12(18)17-7-2-1-3-16-6-7/h4-5,7,16H,1-3,6H2,(H,17,18). The molecule has 1 fully saturated rings. The molecule has 1 heterocycles. The second kappa shape index (κ2) is 5.92. The third kappa shape index (κ3) is 3.17. The highest BCUT2D eigenvalue weighted by Crippen LogP contribution is 2.17. The highest BCUT2D eigenvalue weighted by molar-refractivity contribution is 14.1. The molecule has 0 aliphatic carbocycles. The topological polar surface area (TPSA) is 41.1 Å². The second-order valence-electron chi connectivity index (χ2n) is 4.26. The Balaban J connectivity index is 2.10. The SMILES string of the molecule is O=C(NC1CCCNC1)c1cc(F)c(F)cc1I. The van der Waals surface area contributed by atoms with Crippen LogP contribution in [-0.4, -0.2) is 25.0 Å². The van der Waals surface area contributed by atoms with Crippen molar-refractivity contribution < 1.29 is 13.6 Å². The van der Waals surface area contributed by atoms with Crippen LogP contribution in [-0.2, 0) is 0 Å². The van der Waals surface area contributed by atoms with Crippen molar-refractivity contribution in [1.82, 2.24) is 10.6 Å². The maximum absolute atomic E-state index is 13.1. The maximum Gasteiger partial charge on any atom is 0.252 e. The molecule has 1 amide bonds. The Morgan fingerprint density at radius 2 is 2.11 bits per heavy atom. The highest BCUT2D eigenvalue weighted by Gasteiger charge is 2.19. The second-order valence-corrected chi connectivity index (χ2v) is 5.43. The normalized spacial score (nSPS) is 19.6. The van der Waals surface area contributed by atoms with Gasteiger partial charge in [0.25, 0.3) is 5.91 Å². The zero-order valence-electron chi connectivity index (χ0n) is 9.60. The molecule has 0 aromatic heterocycles. The summed E-state index contributed by atoms with van der Waals surface area (Å²) in [5.74, 6) is -2.29. The number of halogens is 3. The number of nitrogens with one attached hydrogen (secondary N) is 2. The number of piperidine rings is 1. The summed E-state index contributed by atoms with van der Waals surface area (Å²) in [6, 6.07) is 2.03. The first-order chi connectivity index (χ1) is 8.58. The average Bonchev–Trinajstić information content (AvgIpc) is 2.35. The third-order valence-corrected chi connectivity index (χ3v) is 3.78. The molecule has 0 saturated carbocycles. The van der Waals surface area contributed by atoms with Gasteiger partial charge in [-0.15, -0.1) is 0 Å². The minimum absolute atomic E-state index is 0.0511. The van der Waals surface area contributed by atoms with E-state index < -0.39 is 11.6 Å². The molecule has 1 unspecified atom stereocenters. The fourth-order valence-corrected chi connectivity index (χ4v) is 2.61. The lowest BCUT2D eigenvalue weighted by Gasteiger charge is -2.24. The lowest BCUT2D eigenvalue weighted by molar-refractivity contribution is 0.0929. The van der Waals surface area contributed by atoms with Gasteiger partial charge in [-0.25, -0.2) is 8.78 Å². The van der Waals surface area contributed by atoms with Gasteiger partial charge in [-0.1, -0.05) is 0 Å². The number of amides is 1. The number of hydrogen-bond donors (Lipinski definition) is 2. The van der Waals surface area contributed by atoms with E-state index in [4.69, 9.17) is 0 Å². The van der Waals surface area contributed by atoms with Gasteiger partial charge in [-0.2, -0.15) is 0 Å². The van der Waals surface area contributed by atoms with E-state index in [1.54, 1.807) is 0 Å². The predicted octanol–water partition coefficient (Wildman–Crippen LogP) is 2.05. The number of hydrogen-bond acceptors (Lipinski definition) is 2. The molecule has 0 bridgehead atoms. The van der Waals surface area contributed by atoms with Gasteiger partial charge in [0.05, 0.1) is 5.56 Å². The molecular weight excluding hydrogens is 353 g/mol. The van der Waals surface area contributed by atoms with E-state index in [0.717, 1.165) is 31.5 Å². The maximum atomic E-state index is 13.1. The van der Waals surface area contributed by atoms with Crippen molar-refractivity contribution in [3.05, 3.63) is 32.9 Å². The molecule has 3 nitrogen and oxygen atoms in total. The van der Waals surface area contributed by atoms with E-state index in [0.29, 0.717) is 10.1 Å². The van der Waals surface area contributed by atoms with E-state index in [2.05, 4.69) is 10.6 Å². The van der Waals surface area contributed by atoms with Crippen LogP contribution in [0.2, 0.25) is 0 Å². The molecule has 1 aromatic carbocycles. The van der Waals surface area contributed by atoms with Gasteiger partial charge < -0.3 is 10.6 Å². The number of carbonyl (C=O) groups is 1.